The van der Waals surface area contributed by atoms with Gasteiger partial charge in [0.1, 0.15) is 6.61 Å². The summed E-state index contributed by atoms with van der Waals surface area (Å²) in [6.45, 7) is -2.28. The first-order chi connectivity index (χ1) is 10.5. The Hall–Kier alpha value is -1.80. The Balaban J connectivity index is 1.77. The molecule has 0 aromatic heterocycles. The molecule has 2 rings (SSSR count). The number of carbonyl (C=O) groups is 1. The zero-order chi connectivity index (χ0) is 15.9. The van der Waals surface area contributed by atoms with E-state index in [0.717, 1.165) is 25.0 Å². The highest BCUT2D eigenvalue weighted by Gasteiger charge is 2.16. The first kappa shape index (κ1) is 16.6. The summed E-state index contributed by atoms with van der Waals surface area (Å²) in [5.41, 5.74) is 0.129. The number of nitrogens with one attached hydrogen (secondary N) is 1. The van der Waals surface area contributed by atoms with Crippen LogP contribution in [0.3, 0.4) is 0 Å². The van der Waals surface area contributed by atoms with E-state index in [9.17, 15) is 18.0 Å². The molecule has 0 spiro atoms. The van der Waals surface area contributed by atoms with Crippen LogP contribution in [0.25, 0.3) is 0 Å². The number of hydrogen-bond acceptors (Lipinski definition) is 4. The SMILES string of the molecule is O=C(COCC1CCCO1)Nc1ccc(OC(F)F)c(F)c1. The number of amides is 1. The highest BCUT2D eigenvalue weighted by Crippen LogP contribution is 2.22. The van der Waals surface area contributed by atoms with Crippen LogP contribution in [0, 0.1) is 5.82 Å². The molecule has 1 heterocycles. The smallest absolute Gasteiger partial charge is 0.387 e. The summed E-state index contributed by atoms with van der Waals surface area (Å²) in [6, 6.07) is 3.18. The third kappa shape index (κ3) is 5.19. The molecular weight excluding hydrogens is 303 g/mol. The van der Waals surface area contributed by atoms with Crippen LogP contribution in [0.15, 0.2) is 18.2 Å². The van der Waals surface area contributed by atoms with Crippen molar-refractivity contribution in [2.45, 2.75) is 25.6 Å². The van der Waals surface area contributed by atoms with Crippen molar-refractivity contribution in [2.75, 3.05) is 25.1 Å². The molecule has 1 aliphatic rings. The molecule has 1 aliphatic heterocycles. The fourth-order valence-corrected chi connectivity index (χ4v) is 2.03. The van der Waals surface area contributed by atoms with E-state index >= 15 is 0 Å². The van der Waals surface area contributed by atoms with Crippen LogP contribution in [0.1, 0.15) is 12.8 Å². The van der Waals surface area contributed by atoms with Crippen LogP contribution in [0.5, 0.6) is 5.75 Å². The van der Waals surface area contributed by atoms with E-state index in [0.29, 0.717) is 13.2 Å². The van der Waals surface area contributed by atoms with Crippen molar-refractivity contribution in [1.29, 1.82) is 0 Å². The molecule has 8 heteroatoms. The Morgan fingerprint density at radius 3 is 2.91 bits per heavy atom. The van der Waals surface area contributed by atoms with E-state index < -0.39 is 24.1 Å². The first-order valence-electron chi connectivity index (χ1n) is 6.78. The summed E-state index contributed by atoms with van der Waals surface area (Å²) >= 11 is 0. The maximum Gasteiger partial charge on any atom is 0.387 e. The van der Waals surface area contributed by atoms with Gasteiger partial charge in [0.2, 0.25) is 5.91 Å². The number of alkyl halides is 2. The molecule has 1 saturated heterocycles. The standard InChI is InChI=1S/C14H16F3NO4/c15-11-6-9(3-4-12(11)22-14(16)17)18-13(19)8-20-7-10-2-1-5-21-10/h3-4,6,10,14H,1-2,5,7-8H2,(H,18,19). The lowest BCUT2D eigenvalue weighted by molar-refractivity contribution is -0.121. The molecule has 1 aromatic carbocycles. The minimum Gasteiger partial charge on any atom is -0.432 e. The molecule has 0 bridgehead atoms. The van der Waals surface area contributed by atoms with Crippen molar-refractivity contribution in [3.8, 4) is 5.75 Å². The normalized spacial score (nSPS) is 17.7. The van der Waals surface area contributed by atoms with Gasteiger partial charge in [0, 0.05) is 18.4 Å². The zero-order valence-electron chi connectivity index (χ0n) is 11.7. The number of anilines is 1. The van der Waals surface area contributed by atoms with Crippen LogP contribution >= 0.6 is 0 Å². The lowest BCUT2D eigenvalue weighted by atomic mass is 10.2. The second kappa shape index (κ2) is 8.00. The topological polar surface area (TPSA) is 56.8 Å². The third-order valence-corrected chi connectivity index (χ3v) is 2.99. The predicted octanol–water partition coefficient (Wildman–Crippen LogP) is 2.56. The van der Waals surface area contributed by atoms with Gasteiger partial charge < -0.3 is 19.5 Å². The molecule has 0 radical (unpaired) electrons. The summed E-state index contributed by atoms with van der Waals surface area (Å²) in [6.07, 6.45) is 1.89. The highest BCUT2D eigenvalue weighted by molar-refractivity contribution is 5.91. The molecule has 1 fully saturated rings. The van der Waals surface area contributed by atoms with Crippen LogP contribution < -0.4 is 10.1 Å². The Bertz CT molecular complexity index is 507. The molecule has 22 heavy (non-hydrogen) atoms. The van der Waals surface area contributed by atoms with E-state index in [4.69, 9.17) is 9.47 Å². The van der Waals surface area contributed by atoms with E-state index in [-0.39, 0.29) is 18.4 Å². The third-order valence-electron chi connectivity index (χ3n) is 2.99. The van der Waals surface area contributed by atoms with Crippen molar-refractivity contribution in [1.82, 2.24) is 0 Å². The van der Waals surface area contributed by atoms with Crippen molar-refractivity contribution in [2.24, 2.45) is 0 Å². The van der Waals surface area contributed by atoms with Crippen molar-refractivity contribution in [3.63, 3.8) is 0 Å². The lowest BCUT2D eigenvalue weighted by Gasteiger charge is -2.11. The fourth-order valence-electron chi connectivity index (χ4n) is 2.03. The van der Waals surface area contributed by atoms with Gasteiger partial charge in [-0.2, -0.15) is 8.78 Å². The molecule has 1 amide bonds. The molecule has 1 atom stereocenters. The zero-order valence-corrected chi connectivity index (χ0v) is 11.7. The number of halogens is 3. The van der Waals surface area contributed by atoms with Gasteiger partial charge >= 0.3 is 6.61 Å². The quantitative estimate of drug-likeness (QED) is 0.839. The lowest BCUT2D eigenvalue weighted by Crippen LogP contribution is -2.22. The van der Waals surface area contributed by atoms with Gasteiger partial charge in [-0.25, -0.2) is 4.39 Å². The summed E-state index contributed by atoms with van der Waals surface area (Å²) in [7, 11) is 0. The van der Waals surface area contributed by atoms with Gasteiger partial charge in [-0.3, -0.25) is 4.79 Å². The van der Waals surface area contributed by atoms with Gasteiger partial charge in [0.25, 0.3) is 0 Å². The molecule has 0 aliphatic carbocycles. The predicted molar refractivity (Wildman–Crippen MR) is 71.5 cm³/mol. The monoisotopic (exact) mass is 319 g/mol. The van der Waals surface area contributed by atoms with E-state index in [2.05, 4.69) is 10.1 Å². The van der Waals surface area contributed by atoms with Crippen LogP contribution in [-0.4, -0.2) is 38.4 Å². The minimum atomic E-state index is -3.11. The first-order valence-corrected chi connectivity index (χ1v) is 6.78. The average molecular weight is 319 g/mol. The summed E-state index contributed by atoms with van der Waals surface area (Å²) < 4.78 is 51.9. The van der Waals surface area contributed by atoms with Gasteiger partial charge in [-0.05, 0) is 25.0 Å². The highest BCUT2D eigenvalue weighted by atomic mass is 19.3. The van der Waals surface area contributed by atoms with Crippen molar-refractivity contribution >= 4 is 11.6 Å². The van der Waals surface area contributed by atoms with Crippen LogP contribution in [-0.2, 0) is 14.3 Å². The molecule has 1 N–H and O–H groups in total. The Morgan fingerprint density at radius 2 is 2.27 bits per heavy atom. The molecule has 122 valence electrons. The average Bonchev–Trinajstić information content (AvgIpc) is 2.95. The summed E-state index contributed by atoms with van der Waals surface area (Å²) in [4.78, 5) is 11.6. The maximum absolute atomic E-state index is 13.5. The number of hydrogen-bond donors (Lipinski definition) is 1. The minimum absolute atomic E-state index is 0.0102. The van der Waals surface area contributed by atoms with E-state index in [1.165, 1.54) is 6.07 Å². The van der Waals surface area contributed by atoms with Crippen molar-refractivity contribution < 1.29 is 32.2 Å². The number of carbonyl (C=O) groups excluding carboxylic acids is 1. The van der Waals surface area contributed by atoms with E-state index in [1.54, 1.807) is 0 Å². The van der Waals surface area contributed by atoms with Crippen molar-refractivity contribution in [3.05, 3.63) is 24.0 Å². The Kier molecular flexibility index (Phi) is 6.02. The maximum atomic E-state index is 13.5. The number of ether oxygens (including phenoxy) is 3. The fraction of sp³-hybridized carbons (Fsp3) is 0.500. The molecule has 0 saturated carbocycles. The molecule has 1 aromatic rings. The van der Waals surface area contributed by atoms with Crippen LogP contribution in [0.2, 0.25) is 0 Å². The molecular formula is C14H16F3NO4. The second-order valence-electron chi connectivity index (χ2n) is 4.72. The van der Waals surface area contributed by atoms with E-state index in [1.807, 2.05) is 0 Å². The van der Waals surface area contributed by atoms with Gasteiger partial charge in [-0.1, -0.05) is 0 Å². The number of rotatable bonds is 7. The van der Waals surface area contributed by atoms with Crippen LogP contribution in [0.4, 0.5) is 18.9 Å². The summed E-state index contributed by atoms with van der Waals surface area (Å²) in [5, 5.41) is 2.40. The number of benzene rings is 1. The molecule has 5 nitrogen and oxygen atoms in total. The Labute approximate surface area is 125 Å². The largest absolute Gasteiger partial charge is 0.432 e. The van der Waals surface area contributed by atoms with Gasteiger partial charge in [0.15, 0.2) is 11.6 Å². The van der Waals surface area contributed by atoms with Gasteiger partial charge in [-0.15, -0.1) is 0 Å². The molecule has 1 unspecified atom stereocenters. The Morgan fingerprint density at radius 1 is 1.45 bits per heavy atom. The summed E-state index contributed by atoms with van der Waals surface area (Å²) in [5.74, 6) is -2.04. The second-order valence-corrected chi connectivity index (χ2v) is 4.72. The van der Waals surface area contributed by atoms with Gasteiger partial charge in [0.05, 0.1) is 12.7 Å².